The molecule has 2 N–H and O–H groups in total. The SMILES string of the molecule is CC(C)n1cnc2c(F)nc(-c3ccnc(Nc4ccc(N5CCNCC5)cn4)n3)cc21. The number of rotatable bonds is 5. The average Bonchev–Trinajstić information content (AvgIpc) is 3.25. The molecule has 0 spiro atoms. The van der Waals surface area contributed by atoms with Gasteiger partial charge < -0.3 is 20.1 Å². The Morgan fingerprint density at radius 1 is 1.03 bits per heavy atom. The van der Waals surface area contributed by atoms with Gasteiger partial charge in [-0.05, 0) is 38.1 Å². The Labute approximate surface area is 184 Å². The number of imidazole rings is 1. The average molecular weight is 433 g/mol. The second kappa shape index (κ2) is 8.46. The molecule has 4 aromatic rings. The Hall–Kier alpha value is -3.66. The molecule has 9 nitrogen and oxygen atoms in total. The number of aromatic nitrogens is 6. The van der Waals surface area contributed by atoms with Gasteiger partial charge >= 0.3 is 0 Å². The summed E-state index contributed by atoms with van der Waals surface area (Å²) in [5, 5.41) is 6.46. The Kier molecular flexibility index (Phi) is 5.36. The monoisotopic (exact) mass is 433 g/mol. The normalized spacial score (nSPS) is 14.3. The molecule has 1 aliphatic rings. The third-order valence-corrected chi connectivity index (χ3v) is 5.46. The van der Waals surface area contributed by atoms with Crippen LogP contribution in [-0.2, 0) is 0 Å². The Balaban J connectivity index is 1.39. The fourth-order valence-electron chi connectivity index (χ4n) is 3.78. The molecule has 32 heavy (non-hydrogen) atoms. The van der Waals surface area contributed by atoms with Crippen LogP contribution in [0.3, 0.4) is 0 Å². The minimum Gasteiger partial charge on any atom is -0.368 e. The van der Waals surface area contributed by atoms with Gasteiger partial charge in [-0.25, -0.2) is 24.9 Å². The molecule has 0 aliphatic carbocycles. The van der Waals surface area contributed by atoms with Crippen molar-refractivity contribution in [2.75, 3.05) is 36.4 Å². The van der Waals surface area contributed by atoms with Gasteiger partial charge in [-0.2, -0.15) is 4.39 Å². The smallest absolute Gasteiger partial charge is 0.241 e. The van der Waals surface area contributed by atoms with E-state index in [0.717, 1.165) is 31.9 Å². The first kappa shape index (κ1) is 20.3. The van der Waals surface area contributed by atoms with E-state index in [9.17, 15) is 4.39 Å². The lowest BCUT2D eigenvalue weighted by atomic mass is 10.2. The second-order valence-corrected chi connectivity index (χ2v) is 7.94. The number of pyridine rings is 2. The van der Waals surface area contributed by atoms with Crippen molar-refractivity contribution in [3.05, 3.63) is 48.9 Å². The summed E-state index contributed by atoms with van der Waals surface area (Å²) in [5.41, 5.74) is 2.95. The van der Waals surface area contributed by atoms with Crippen molar-refractivity contribution in [1.82, 2.24) is 34.8 Å². The molecule has 4 aromatic heterocycles. The molecule has 0 aromatic carbocycles. The van der Waals surface area contributed by atoms with Crippen LogP contribution in [0.2, 0.25) is 0 Å². The third-order valence-electron chi connectivity index (χ3n) is 5.46. The Bertz CT molecular complexity index is 1230. The molecule has 10 heteroatoms. The van der Waals surface area contributed by atoms with E-state index in [4.69, 9.17) is 0 Å². The van der Waals surface area contributed by atoms with Crippen LogP contribution in [0.15, 0.2) is 43.0 Å². The van der Waals surface area contributed by atoms with Crippen LogP contribution in [0.4, 0.5) is 21.8 Å². The van der Waals surface area contributed by atoms with Gasteiger partial charge in [0.1, 0.15) is 11.3 Å². The van der Waals surface area contributed by atoms with Crippen LogP contribution in [0.25, 0.3) is 22.4 Å². The molecule has 0 unspecified atom stereocenters. The summed E-state index contributed by atoms with van der Waals surface area (Å²) in [6.07, 6.45) is 5.09. The highest BCUT2D eigenvalue weighted by atomic mass is 19.1. The zero-order valence-electron chi connectivity index (χ0n) is 18.0. The number of piperazine rings is 1. The summed E-state index contributed by atoms with van der Waals surface area (Å²) in [5.74, 6) is 0.383. The first-order chi connectivity index (χ1) is 15.6. The minimum absolute atomic E-state index is 0.146. The zero-order valence-corrected chi connectivity index (χ0v) is 18.0. The lowest BCUT2D eigenvalue weighted by Gasteiger charge is -2.29. The number of halogens is 1. The maximum Gasteiger partial charge on any atom is 0.241 e. The lowest BCUT2D eigenvalue weighted by molar-refractivity contribution is 0.589. The van der Waals surface area contributed by atoms with Gasteiger partial charge in [0, 0.05) is 38.4 Å². The first-order valence-corrected chi connectivity index (χ1v) is 10.6. The number of hydrogen-bond acceptors (Lipinski definition) is 8. The number of hydrogen-bond donors (Lipinski definition) is 2. The molecule has 0 saturated carbocycles. The standard InChI is InChI=1S/C22H24FN9/c1-14(2)32-13-27-20-18(32)11-17(28-21(20)23)16-5-6-25-22(29-16)30-19-4-3-15(12-26-19)31-9-7-24-8-10-31/h3-6,11-14,24H,7-10H2,1-2H3,(H,25,26,29,30). The van der Waals surface area contributed by atoms with E-state index in [0.29, 0.717) is 28.7 Å². The van der Waals surface area contributed by atoms with E-state index in [2.05, 4.69) is 40.5 Å². The summed E-state index contributed by atoms with van der Waals surface area (Å²) in [4.78, 5) is 23.8. The molecule has 5 rings (SSSR count). The van der Waals surface area contributed by atoms with E-state index in [1.54, 1.807) is 24.7 Å². The number of nitrogens with one attached hydrogen (secondary N) is 2. The maximum atomic E-state index is 14.6. The van der Waals surface area contributed by atoms with Gasteiger partial charge in [-0.3, -0.25) is 0 Å². The summed E-state index contributed by atoms with van der Waals surface area (Å²) in [6, 6.07) is 7.59. The minimum atomic E-state index is -0.616. The molecule has 0 radical (unpaired) electrons. The predicted molar refractivity (Wildman–Crippen MR) is 121 cm³/mol. The third kappa shape index (κ3) is 3.96. The topological polar surface area (TPSA) is 96.7 Å². The molecule has 5 heterocycles. The summed E-state index contributed by atoms with van der Waals surface area (Å²) in [6.45, 7) is 7.91. The van der Waals surface area contributed by atoms with E-state index >= 15 is 0 Å². The fraction of sp³-hybridized carbons (Fsp3) is 0.318. The van der Waals surface area contributed by atoms with Gasteiger partial charge in [-0.1, -0.05) is 0 Å². The zero-order chi connectivity index (χ0) is 22.1. The molecule has 1 aliphatic heterocycles. The van der Waals surface area contributed by atoms with Crippen LogP contribution >= 0.6 is 0 Å². The van der Waals surface area contributed by atoms with Crippen molar-refractivity contribution < 1.29 is 4.39 Å². The second-order valence-electron chi connectivity index (χ2n) is 7.94. The molecular formula is C22H24FN9. The van der Waals surface area contributed by atoms with Crippen molar-refractivity contribution in [3.8, 4) is 11.4 Å². The van der Waals surface area contributed by atoms with E-state index in [-0.39, 0.29) is 11.6 Å². The molecular weight excluding hydrogens is 409 g/mol. The van der Waals surface area contributed by atoms with Crippen LogP contribution < -0.4 is 15.5 Å². The predicted octanol–water partition coefficient (Wildman–Crippen LogP) is 3.16. The quantitative estimate of drug-likeness (QED) is 0.464. The van der Waals surface area contributed by atoms with Crippen LogP contribution in [-0.4, -0.2) is 55.7 Å². The van der Waals surface area contributed by atoms with Crippen molar-refractivity contribution in [3.63, 3.8) is 0 Å². The van der Waals surface area contributed by atoms with Gasteiger partial charge in [0.2, 0.25) is 11.9 Å². The van der Waals surface area contributed by atoms with E-state index in [1.807, 2.05) is 36.7 Å². The van der Waals surface area contributed by atoms with Crippen molar-refractivity contribution >= 4 is 28.5 Å². The van der Waals surface area contributed by atoms with Gasteiger partial charge in [0.15, 0.2) is 0 Å². The molecule has 0 atom stereocenters. The van der Waals surface area contributed by atoms with E-state index in [1.165, 1.54) is 0 Å². The largest absolute Gasteiger partial charge is 0.368 e. The molecule has 0 amide bonds. The fourth-order valence-corrected chi connectivity index (χ4v) is 3.78. The van der Waals surface area contributed by atoms with Gasteiger partial charge in [-0.15, -0.1) is 0 Å². The van der Waals surface area contributed by atoms with Crippen LogP contribution in [0.5, 0.6) is 0 Å². The number of fused-ring (bicyclic) bond motifs is 1. The van der Waals surface area contributed by atoms with Gasteiger partial charge in [0.05, 0.1) is 35.1 Å². The highest BCUT2D eigenvalue weighted by molar-refractivity contribution is 5.79. The Morgan fingerprint density at radius 2 is 1.88 bits per heavy atom. The number of anilines is 3. The highest BCUT2D eigenvalue weighted by Gasteiger charge is 2.15. The van der Waals surface area contributed by atoms with Crippen molar-refractivity contribution in [2.45, 2.75) is 19.9 Å². The Morgan fingerprint density at radius 3 is 2.62 bits per heavy atom. The van der Waals surface area contributed by atoms with E-state index < -0.39 is 5.95 Å². The summed E-state index contributed by atoms with van der Waals surface area (Å²) < 4.78 is 16.5. The maximum absolute atomic E-state index is 14.6. The number of nitrogens with zero attached hydrogens (tertiary/aromatic N) is 7. The first-order valence-electron chi connectivity index (χ1n) is 10.6. The van der Waals surface area contributed by atoms with Crippen molar-refractivity contribution in [2.24, 2.45) is 0 Å². The van der Waals surface area contributed by atoms with Crippen molar-refractivity contribution in [1.29, 1.82) is 0 Å². The molecule has 164 valence electrons. The molecule has 1 saturated heterocycles. The summed E-state index contributed by atoms with van der Waals surface area (Å²) in [7, 11) is 0. The molecule has 1 fully saturated rings. The van der Waals surface area contributed by atoms with Crippen LogP contribution in [0.1, 0.15) is 19.9 Å². The van der Waals surface area contributed by atoms with Crippen LogP contribution in [0, 0.1) is 5.95 Å². The van der Waals surface area contributed by atoms with Gasteiger partial charge in [0.25, 0.3) is 0 Å². The lowest BCUT2D eigenvalue weighted by Crippen LogP contribution is -2.43. The molecule has 0 bridgehead atoms. The highest BCUT2D eigenvalue weighted by Crippen LogP contribution is 2.25. The summed E-state index contributed by atoms with van der Waals surface area (Å²) >= 11 is 0.